The van der Waals surface area contributed by atoms with Gasteiger partial charge >= 0.3 is 0 Å². The third-order valence-electron chi connectivity index (χ3n) is 4.06. The third-order valence-corrected chi connectivity index (χ3v) is 4.06. The van der Waals surface area contributed by atoms with E-state index in [0.29, 0.717) is 13.1 Å². The molecule has 3 rings (SSSR count). The standard InChI is InChI=1S/C20H21N2/c21-13-15-5-3-9-18(11-15)20(17-7-1-2-8-17)19-10-4-6-16(12-19)14-22/h1-12,20H,13-14,21-22H2. The quantitative estimate of drug-likeness (QED) is 0.886. The summed E-state index contributed by atoms with van der Waals surface area (Å²) in [6.45, 7) is 1.12. The minimum atomic E-state index is 0.216. The van der Waals surface area contributed by atoms with Crippen molar-refractivity contribution in [3.05, 3.63) is 101 Å². The molecule has 0 saturated carbocycles. The molecule has 0 aliphatic heterocycles. The van der Waals surface area contributed by atoms with Gasteiger partial charge in [0.1, 0.15) is 0 Å². The maximum Gasteiger partial charge on any atom is 0.0312 e. The summed E-state index contributed by atoms with van der Waals surface area (Å²) in [7, 11) is 0. The summed E-state index contributed by atoms with van der Waals surface area (Å²) in [6.07, 6.45) is 8.52. The summed E-state index contributed by atoms with van der Waals surface area (Å²) >= 11 is 0. The average Bonchev–Trinajstić information content (AvgIpc) is 3.09. The zero-order valence-electron chi connectivity index (χ0n) is 12.6. The van der Waals surface area contributed by atoms with E-state index < -0.39 is 0 Å². The Morgan fingerprint density at radius 3 is 1.68 bits per heavy atom. The Morgan fingerprint density at radius 1 is 0.727 bits per heavy atom. The number of rotatable bonds is 5. The lowest BCUT2D eigenvalue weighted by Gasteiger charge is -2.23. The molecule has 22 heavy (non-hydrogen) atoms. The number of benzene rings is 2. The van der Waals surface area contributed by atoms with Crippen molar-refractivity contribution in [2.45, 2.75) is 19.0 Å². The molecular weight excluding hydrogens is 268 g/mol. The molecule has 4 N–H and O–H groups in total. The lowest BCUT2D eigenvalue weighted by molar-refractivity contribution is 0.895. The minimum absolute atomic E-state index is 0.216. The van der Waals surface area contributed by atoms with E-state index in [0.717, 1.165) is 11.1 Å². The molecule has 0 fully saturated rings. The molecule has 1 radical (unpaired) electrons. The number of allylic oxidation sites excluding steroid dienone is 4. The first-order chi connectivity index (χ1) is 10.8. The van der Waals surface area contributed by atoms with Gasteiger partial charge in [0.15, 0.2) is 0 Å². The summed E-state index contributed by atoms with van der Waals surface area (Å²) in [5.74, 6) is 1.51. The van der Waals surface area contributed by atoms with Crippen LogP contribution in [0.4, 0.5) is 0 Å². The maximum atomic E-state index is 5.81. The van der Waals surface area contributed by atoms with E-state index in [-0.39, 0.29) is 5.92 Å². The van der Waals surface area contributed by atoms with Crippen molar-refractivity contribution < 1.29 is 0 Å². The van der Waals surface area contributed by atoms with Gasteiger partial charge in [-0.05, 0) is 22.3 Å². The molecule has 2 nitrogen and oxygen atoms in total. The van der Waals surface area contributed by atoms with E-state index in [9.17, 15) is 0 Å². The Hall–Kier alpha value is -2.16. The van der Waals surface area contributed by atoms with Crippen LogP contribution in [-0.4, -0.2) is 0 Å². The Bertz CT molecular complexity index is 641. The van der Waals surface area contributed by atoms with Crippen molar-refractivity contribution in [1.82, 2.24) is 0 Å². The van der Waals surface area contributed by atoms with Crippen LogP contribution in [0.1, 0.15) is 28.2 Å². The van der Waals surface area contributed by atoms with Crippen LogP contribution in [0.2, 0.25) is 0 Å². The molecule has 0 bridgehead atoms. The molecular formula is C20H21N2. The van der Waals surface area contributed by atoms with Crippen LogP contribution in [-0.2, 0) is 13.1 Å². The van der Waals surface area contributed by atoms with Crippen LogP contribution in [0, 0.1) is 5.92 Å². The van der Waals surface area contributed by atoms with Gasteiger partial charge in [0.2, 0.25) is 0 Å². The summed E-state index contributed by atoms with van der Waals surface area (Å²) in [5.41, 5.74) is 16.5. The topological polar surface area (TPSA) is 52.0 Å². The molecule has 0 saturated heterocycles. The second kappa shape index (κ2) is 6.73. The highest BCUT2D eigenvalue weighted by atomic mass is 14.5. The molecule has 0 heterocycles. The van der Waals surface area contributed by atoms with Crippen molar-refractivity contribution in [2.75, 3.05) is 0 Å². The largest absolute Gasteiger partial charge is 0.326 e. The number of hydrogen-bond acceptors (Lipinski definition) is 2. The van der Waals surface area contributed by atoms with E-state index in [4.69, 9.17) is 11.5 Å². The van der Waals surface area contributed by atoms with Crippen LogP contribution in [0.5, 0.6) is 0 Å². The zero-order chi connectivity index (χ0) is 15.4. The fraction of sp³-hybridized carbons (Fsp3) is 0.150. The molecule has 0 aromatic heterocycles. The SMILES string of the molecule is NCc1cccc(C([C]2C=CC=C2)c2cccc(CN)c2)c1. The summed E-state index contributed by atoms with van der Waals surface area (Å²) in [6, 6.07) is 17.1. The van der Waals surface area contributed by atoms with Crippen molar-refractivity contribution in [2.24, 2.45) is 11.5 Å². The Labute approximate surface area is 132 Å². The molecule has 2 aromatic carbocycles. The second-order valence-corrected chi connectivity index (χ2v) is 5.55. The van der Waals surface area contributed by atoms with Crippen LogP contribution in [0.15, 0.2) is 72.8 Å². The Morgan fingerprint density at radius 2 is 1.23 bits per heavy atom. The van der Waals surface area contributed by atoms with Gasteiger partial charge in [-0.1, -0.05) is 72.8 Å². The average molecular weight is 289 g/mol. The van der Waals surface area contributed by atoms with Gasteiger partial charge in [-0.2, -0.15) is 0 Å². The monoisotopic (exact) mass is 289 g/mol. The smallest absolute Gasteiger partial charge is 0.0312 e. The van der Waals surface area contributed by atoms with Crippen molar-refractivity contribution in [1.29, 1.82) is 0 Å². The highest BCUT2D eigenvalue weighted by Crippen LogP contribution is 2.37. The molecule has 0 atom stereocenters. The molecule has 2 aromatic rings. The van der Waals surface area contributed by atoms with Crippen LogP contribution >= 0.6 is 0 Å². The lowest BCUT2D eigenvalue weighted by atomic mass is 9.80. The van der Waals surface area contributed by atoms with Gasteiger partial charge in [0.25, 0.3) is 0 Å². The van der Waals surface area contributed by atoms with Gasteiger partial charge in [0.05, 0.1) is 0 Å². The lowest BCUT2D eigenvalue weighted by Crippen LogP contribution is -2.10. The predicted molar refractivity (Wildman–Crippen MR) is 92.0 cm³/mol. The first-order valence-electron chi connectivity index (χ1n) is 7.61. The van der Waals surface area contributed by atoms with E-state index in [1.54, 1.807) is 0 Å². The molecule has 0 amide bonds. The van der Waals surface area contributed by atoms with Gasteiger partial charge < -0.3 is 11.5 Å². The molecule has 111 valence electrons. The predicted octanol–water partition coefficient (Wildman–Crippen LogP) is 3.44. The molecule has 0 spiro atoms. The second-order valence-electron chi connectivity index (χ2n) is 5.55. The maximum absolute atomic E-state index is 5.81. The summed E-state index contributed by atoms with van der Waals surface area (Å²) in [4.78, 5) is 0. The Kier molecular flexibility index (Phi) is 4.52. The van der Waals surface area contributed by atoms with E-state index in [2.05, 4.69) is 72.8 Å². The van der Waals surface area contributed by atoms with Crippen LogP contribution < -0.4 is 11.5 Å². The van der Waals surface area contributed by atoms with E-state index in [1.165, 1.54) is 17.0 Å². The van der Waals surface area contributed by atoms with E-state index >= 15 is 0 Å². The van der Waals surface area contributed by atoms with Crippen LogP contribution in [0.3, 0.4) is 0 Å². The van der Waals surface area contributed by atoms with Gasteiger partial charge in [-0.25, -0.2) is 0 Å². The fourth-order valence-electron chi connectivity index (χ4n) is 2.96. The molecule has 0 unspecified atom stereocenters. The molecule has 1 aliphatic rings. The van der Waals surface area contributed by atoms with Gasteiger partial charge in [-0.3, -0.25) is 0 Å². The first-order valence-corrected chi connectivity index (χ1v) is 7.61. The normalized spacial score (nSPS) is 14.1. The number of hydrogen-bond donors (Lipinski definition) is 2. The zero-order valence-corrected chi connectivity index (χ0v) is 12.6. The first kappa shape index (κ1) is 14.8. The fourth-order valence-corrected chi connectivity index (χ4v) is 2.96. The van der Waals surface area contributed by atoms with Crippen molar-refractivity contribution >= 4 is 0 Å². The third kappa shape index (κ3) is 3.03. The minimum Gasteiger partial charge on any atom is -0.326 e. The van der Waals surface area contributed by atoms with Crippen LogP contribution in [0.25, 0.3) is 0 Å². The van der Waals surface area contributed by atoms with Crippen molar-refractivity contribution in [3.63, 3.8) is 0 Å². The summed E-state index contributed by atoms with van der Waals surface area (Å²) < 4.78 is 0. The molecule has 1 aliphatic carbocycles. The van der Waals surface area contributed by atoms with Crippen molar-refractivity contribution in [3.8, 4) is 0 Å². The van der Waals surface area contributed by atoms with E-state index in [1.807, 2.05) is 0 Å². The highest BCUT2D eigenvalue weighted by molar-refractivity contribution is 5.50. The van der Waals surface area contributed by atoms with Gasteiger partial charge in [0, 0.05) is 24.9 Å². The van der Waals surface area contributed by atoms with Gasteiger partial charge in [-0.15, -0.1) is 0 Å². The number of nitrogens with two attached hydrogens (primary N) is 2. The highest BCUT2D eigenvalue weighted by Gasteiger charge is 2.23. The summed E-state index contributed by atoms with van der Waals surface area (Å²) in [5, 5.41) is 0. The molecule has 2 heteroatoms. The Balaban J connectivity index is 2.06.